The second kappa shape index (κ2) is 4.72. The third-order valence-electron chi connectivity index (χ3n) is 1.25. The van der Waals surface area contributed by atoms with E-state index in [1.54, 1.807) is 0 Å². The number of hydrogen-bond acceptors (Lipinski definition) is 2. The average Bonchev–Trinajstić information content (AvgIpc) is 2.03. The lowest BCUT2D eigenvalue weighted by Gasteiger charge is -1.96. The van der Waals surface area contributed by atoms with Gasteiger partial charge in [-0.05, 0) is 18.2 Å². The Morgan fingerprint density at radius 3 is 2.67 bits per heavy atom. The van der Waals surface area contributed by atoms with Gasteiger partial charge in [-0.1, -0.05) is 6.07 Å². The Morgan fingerprint density at radius 2 is 2.17 bits per heavy atom. The van der Waals surface area contributed by atoms with Crippen LogP contribution in [0.3, 0.4) is 0 Å². The third kappa shape index (κ3) is 2.51. The Labute approximate surface area is 75.8 Å². The lowest BCUT2D eigenvalue weighted by molar-refractivity contribution is 0.0600. The van der Waals surface area contributed by atoms with Crippen molar-refractivity contribution in [3.8, 4) is 0 Å². The van der Waals surface area contributed by atoms with E-state index in [1.807, 2.05) is 0 Å². The van der Waals surface area contributed by atoms with Gasteiger partial charge < -0.3 is 4.74 Å². The smallest absolute Gasteiger partial charge is 0.337 e. The molecule has 0 saturated carbocycles. The van der Waals surface area contributed by atoms with Gasteiger partial charge in [0.2, 0.25) is 0 Å². The van der Waals surface area contributed by atoms with Crippen molar-refractivity contribution in [3.05, 3.63) is 35.6 Å². The second-order valence-electron chi connectivity index (χ2n) is 2.00. The minimum absolute atomic E-state index is 0. The van der Waals surface area contributed by atoms with E-state index in [1.165, 1.54) is 25.3 Å². The predicted octanol–water partition coefficient (Wildman–Crippen LogP) is 2.03. The minimum Gasteiger partial charge on any atom is -0.465 e. The van der Waals surface area contributed by atoms with Crippen LogP contribution in [0.1, 0.15) is 10.4 Å². The van der Waals surface area contributed by atoms with Crippen molar-refractivity contribution in [2.45, 2.75) is 0 Å². The number of halogens is 2. The van der Waals surface area contributed by atoms with Crippen LogP contribution in [0.4, 0.5) is 4.39 Å². The van der Waals surface area contributed by atoms with Crippen LogP contribution in [0.25, 0.3) is 0 Å². The van der Waals surface area contributed by atoms with Gasteiger partial charge in [0.1, 0.15) is 5.82 Å². The van der Waals surface area contributed by atoms with Gasteiger partial charge in [-0.2, -0.15) is 0 Å². The first kappa shape index (κ1) is 10.9. The highest BCUT2D eigenvalue weighted by molar-refractivity contribution is 5.89. The van der Waals surface area contributed by atoms with Gasteiger partial charge in [0.25, 0.3) is 0 Å². The van der Waals surface area contributed by atoms with Gasteiger partial charge in [-0.25, -0.2) is 9.18 Å². The highest BCUT2D eigenvalue weighted by Crippen LogP contribution is 2.03. The third-order valence-corrected chi connectivity index (χ3v) is 1.25. The van der Waals surface area contributed by atoms with Crippen molar-refractivity contribution in [1.82, 2.24) is 0 Å². The molecule has 0 aliphatic heterocycles. The molecule has 0 radical (unpaired) electrons. The number of benzene rings is 1. The van der Waals surface area contributed by atoms with E-state index in [4.69, 9.17) is 0 Å². The largest absolute Gasteiger partial charge is 0.465 e. The molecule has 0 spiro atoms. The van der Waals surface area contributed by atoms with Crippen molar-refractivity contribution in [2.75, 3.05) is 7.11 Å². The molecule has 0 aliphatic rings. The van der Waals surface area contributed by atoms with Crippen LogP contribution in [0.5, 0.6) is 0 Å². The zero-order valence-corrected chi connectivity index (χ0v) is 7.23. The fraction of sp³-hybridized carbons (Fsp3) is 0.125. The minimum atomic E-state index is -0.524. The molecule has 0 heterocycles. The molecule has 0 amide bonds. The number of ether oxygens (including phenoxy) is 1. The molecule has 1 aromatic carbocycles. The first-order valence-electron chi connectivity index (χ1n) is 3.08. The van der Waals surface area contributed by atoms with E-state index >= 15 is 0 Å². The summed E-state index contributed by atoms with van der Waals surface area (Å²) in [7, 11) is 1.26. The molecule has 0 aromatic heterocycles. The van der Waals surface area contributed by atoms with Crippen LogP contribution in [-0.4, -0.2) is 13.1 Å². The van der Waals surface area contributed by atoms with Crippen molar-refractivity contribution in [3.63, 3.8) is 0 Å². The molecule has 4 heteroatoms. The predicted molar refractivity (Wildman–Crippen MR) is 45.0 cm³/mol. The second-order valence-corrected chi connectivity index (χ2v) is 2.00. The first-order valence-corrected chi connectivity index (χ1v) is 3.08. The maximum Gasteiger partial charge on any atom is 0.337 e. The van der Waals surface area contributed by atoms with Gasteiger partial charge in [0.05, 0.1) is 12.7 Å². The SMILES string of the molecule is COC(=O)c1cccc(F)c1.Cl. The van der Waals surface area contributed by atoms with Gasteiger partial charge in [0, 0.05) is 0 Å². The van der Waals surface area contributed by atoms with Crippen LogP contribution >= 0.6 is 12.4 Å². The number of hydrogen-bond donors (Lipinski definition) is 0. The van der Waals surface area contributed by atoms with Crippen molar-refractivity contribution in [2.24, 2.45) is 0 Å². The van der Waals surface area contributed by atoms with E-state index < -0.39 is 11.8 Å². The highest BCUT2D eigenvalue weighted by atomic mass is 35.5. The molecule has 0 fully saturated rings. The molecule has 0 N–H and O–H groups in total. The summed E-state index contributed by atoms with van der Waals surface area (Å²) in [6.45, 7) is 0. The van der Waals surface area contributed by atoms with Crippen LogP contribution in [-0.2, 0) is 4.74 Å². The Bertz CT molecular complexity index is 276. The summed E-state index contributed by atoms with van der Waals surface area (Å²) in [5, 5.41) is 0. The van der Waals surface area contributed by atoms with E-state index in [0.29, 0.717) is 0 Å². The fourth-order valence-corrected chi connectivity index (χ4v) is 0.733. The molecule has 1 aromatic rings. The number of rotatable bonds is 1. The monoisotopic (exact) mass is 190 g/mol. The Balaban J connectivity index is 0.00000121. The van der Waals surface area contributed by atoms with E-state index in [-0.39, 0.29) is 18.0 Å². The first-order chi connectivity index (χ1) is 5.24. The van der Waals surface area contributed by atoms with Crippen molar-refractivity contribution in [1.29, 1.82) is 0 Å². The normalized spacial score (nSPS) is 8.50. The molecule has 0 bridgehead atoms. The van der Waals surface area contributed by atoms with Crippen LogP contribution < -0.4 is 0 Å². The quantitative estimate of drug-likeness (QED) is 0.634. The zero-order chi connectivity index (χ0) is 8.27. The number of carbonyl (C=O) groups excluding carboxylic acids is 1. The van der Waals surface area contributed by atoms with Gasteiger partial charge >= 0.3 is 5.97 Å². The van der Waals surface area contributed by atoms with Crippen molar-refractivity contribution >= 4 is 18.4 Å². The van der Waals surface area contributed by atoms with E-state index in [9.17, 15) is 9.18 Å². The molecule has 2 nitrogen and oxygen atoms in total. The standard InChI is InChI=1S/C8H7FO2.ClH/c1-11-8(10)6-3-2-4-7(9)5-6;/h2-5H,1H3;1H. The lowest BCUT2D eigenvalue weighted by atomic mass is 10.2. The summed E-state index contributed by atoms with van der Waals surface area (Å²) >= 11 is 0. The molecular formula is C8H8ClFO2. The van der Waals surface area contributed by atoms with Gasteiger partial charge in [-0.3, -0.25) is 0 Å². The van der Waals surface area contributed by atoms with Crippen LogP contribution in [0.15, 0.2) is 24.3 Å². The summed E-state index contributed by atoms with van der Waals surface area (Å²) in [5.41, 5.74) is 0.229. The Morgan fingerprint density at radius 1 is 1.50 bits per heavy atom. The zero-order valence-electron chi connectivity index (χ0n) is 6.41. The summed E-state index contributed by atoms with van der Waals surface area (Å²) in [6.07, 6.45) is 0. The molecular weight excluding hydrogens is 183 g/mol. The molecule has 0 atom stereocenters. The maximum atomic E-state index is 12.5. The topological polar surface area (TPSA) is 26.3 Å². The summed E-state index contributed by atoms with van der Waals surface area (Å²) in [5.74, 6) is -0.961. The summed E-state index contributed by atoms with van der Waals surface area (Å²) < 4.78 is 16.8. The molecule has 0 aliphatic carbocycles. The van der Waals surface area contributed by atoms with Crippen molar-refractivity contribution < 1.29 is 13.9 Å². The molecule has 0 unspecified atom stereocenters. The summed E-state index contributed by atoms with van der Waals surface area (Å²) in [6, 6.07) is 5.36. The molecule has 1 rings (SSSR count). The maximum absolute atomic E-state index is 12.5. The number of methoxy groups -OCH3 is 1. The Hall–Kier alpha value is -1.09. The van der Waals surface area contributed by atoms with E-state index in [0.717, 1.165) is 6.07 Å². The fourth-order valence-electron chi connectivity index (χ4n) is 0.733. The molecule has 0 saturated heterocycles. The Kier molecular flexibility index (Phi) is 4.29. The van der Waals surface area contributed by atoms with Gasteiger partial charge in [-0.15, -0.1) is 12.4 Å². The lowest BCUT2D eigenvalue weighted by Crippen LogP contribution is -2.00. The van der Waals surface area contributed by atoms with Gasteiger partial charge in [0.15, 0.2) is 0 Å². The molecule has 66 valence electrons. The molecule has 12 heavy (non-hydrogen) atoms. The van der Waals surface area contributed by atoms with E-state index in [2.05, 4.69) is 4.74 Å². The highest BCUT2D eigenvalue weighted by Gasteiger charge is 2.04. The number of esters is 1. The van der Waals surface area contributed by atoms with Crippen LogP contribution in [0.2, 0.25) is 0 Å². The summed E-state index contributed by atoms with van der Waals surface area (Å²) in [4.78, 5) is 10.8. The average molecular weight is 191 g/mol. The number of carbonyl (C=O) groups is 1. The van der Waals surface area contributed by atoms with Crippen LogP contribution in [0, 0.1) is 5.82 Å².